The van der Waals surface area contributed by atoms with Crippen molar-refractivity contribution in [2.45, 2.75) is 32.4 Å². The summed E-state index contributed by atoms with van der Waals surface area (Å²) in [5.41, 5.74) is 5.22. The first-order valence-corrected chi connectivity index (χ1v) is 5.15. The summed E-state index contributed by atoms with van der Waals surface area (Å²) in [5, 5.41) is 14.5. The van der Waals surface area contributed by atoms with Crippen molar-refractivity contribution >= 4 is 0 Å². The molecule has 1 aromatic heterocycles. The van der Waals surface area contributed by atoms with Crippen LogP contribution in [0.2, 0.25) is 0 Å². The molecule has 1 atom stereocenters. The summed E-state index contributed by atoms with van der Waals surface area (Å²) in [6.45, 7) is 4.69. The zero-order valence-corrected chi connectivity index (χ0v) is 9.53. The van der Waals surface area contributed by atoms with Gasteiger partial charge in [-0.2, -0.15) is 5.10 Å². The number of ether oxygens (including phenoxy) is 1. The third-order valence-electron chi connectivity index (χ3n) is 2.69. The number of nitrogens with zero attached hydrogens (tertiary/aromatic N) is 2. The Morgan fingerprint density at radius 2 is 2.27 bits per heavy atom. The van der Waals surface area contributed by atoms with Gasteiger partial charge in [-0.15, -0.1) is 0 Å². The lowest BCUT2D eigenvalue weighted by molar-refractivity contribution is 0.0302. The predicted octanol–water partition coefficient (Wildman–Crippen LogP) is 0.468. The molecule has 0 saturated heterocycles. The van der Waals surface area contributed by atoms with E-state index < -0.39 is 5.60 Å². The van der Waals surface area contributed by atoms with Crippen LogP contribution in [0, 0.1) is 0 Å². The Labute approximate surface area is 89.8 Å². The van der Waals surface area contributed by atoms with E-state index in [1.54, 1.807) is 18.0 Å². The molecule has 0 amide bonds. The van der Waals surface area contributed by atoms with E-state index >= 15 is 0 Å². The Balaban J connectivity index is 3.24. The van der Waals surface area contributed by atoms with Gasteiger partial charge in [0.25, 0.3) is 0 Å². The number of methoxy groups -OCH3 is 1. The molecule has 0 saturated carbocycles. The standard InChI is InChI=1S/C10H19N3O2/c1-4-10(14,7-11)9-8(15-3)6-12-13(9)5-2/h6,14H,4-5,7,11H2,1-3H3. The number of hydrogen-bond acceptors (Lipinski definition) is 4. The van der Waals surface area contributed by atoms with E-state index in [-0.39, 0.29) is 6.54 Å². The first-order valence-electron chi connectivity index (χ1n) is 5.15. The number of nitrogens with two attached hydrogens (primary N) is 1. The van der Waals surface area contributed by atoms with Gasteiger partial charge in [-0.05, 0) is 13.3 Å². The zero-order chi connectivity index (χ0) is 11.5. The highest BCUT2D eigenvalue weighted by atomic mass is 16.5. The van der Waals surface area contributed by atoms with Gasteiger partial charge in [0.2, 0.25) is 0 Å². The van der Waals surface area contributed by atoms with E-state index in [2.05, 4.69) is 5.10 Å². The third kappa shape index (κ3) is 1.98. The summed E-state index contributed by atoms with van der Waals surface area (Å²) in [7, 11) is 1.56. The van der Waals surface area contributed by atoms with Crippen molar-refractivity contribution in [1.29, 1.82) is 0 Å². The van der Waals surface area contributed by atoms with Gasteiger partial charge in [-0.25, -0.2) is 0 Å². The van der Waals surface area contributed by atoms with Crippen LogP contribution in [-0.2, 0) is 12.1 Å². The van der Waals surface area contributed by atoms with Crippen molar-refractivity contribution in [1.82, 2.24) is 9.78 Å². The topological polar surface area (TPSA) is 73.3 Å². The maximum absolute atomic E-state index is 10.3. The first-order chi connectivity index (χ1) is 7.12. The normalized spacial score (nSPS) is 15.0. The van der Waals surface area contributed by atoms with E-state index in [1.807, 2.05) is 13.8 Å². The lowest BCUT2D eigenvalue weighted by Gasteiger charge is -2.26. The molecule has 86 valence electrons. The maximum Gasteiger partial charge on any atom is 0.162 e. The van der Waals surface area contributed by atoms with E-state index in [0.29, 0.717) is 24.4 Å². The van der Waals surface area contributed by atoms with Crippen LogP contribution in [0.1, 0.15) is 26.0 Å². The Hall–Kier alpha value is -1.07. The molecular formula is C10H19N3O2. The molecule has 0 spiro atoms. The molecule has 3 N–H and O–H groups in total. The Morgan fingerprint density at radius 3 is 2.67 bits per heavy atom. The third-order valence-corrected chi connectivity index (χ3v) is 2.69. The minimum absolute atomic E-state index is 0.158. The molecule has 0 bridgehead atoms. The van der Waals surface area contributed by atoms with E-state index in [1.165, 1.54) is 0 Å². The molecule has 1 heterocycles. The van der Waals surface area contributed by atoms with Crippen molar-refractivity contribution < 1.29 is 9.84 Å². The van der Waals surface area contributed by atoms with Gasteiger partial charge in [0.05, 0.1) is 13.3 Å². The van der Waals surface area contributed by atoms with Gasteiger partial charge in [-0.1, -0.05) is 6.92 Å². The van der Waals surface area contributed by atoms with Crippen LogP contribution in [0.4, 0.5) is 0 Å². The molecule has 1 rings (SSSR count). The summed E-state index contributed by atoms with van der Waals surface area (Å²) >= 11 is 0. The first kappa shape index (κ1) is 12.0. The molecule has 15 heavy (non-hydrogen) atoms. The molecule has 5 heteroatoms. The van der Waals surface area contributed by atoms with Crippen molar-refractivity contribution in [3.63, 3.8) is 0 Å². The molecule has 1 aromatic rings. The van der Waals surface area contributed by atoms with E-state index in [9.17, 15) is 5.11 Å². The van der Waals surface area contributed by atoms with Gasteiger partial charge < -0.3 is 15.6 Å². The molecule has 5 nitrogen and oxygen atoms in total. The van der Waals surface area contributed by atoms with Gasteiger partial charge in [-0.3, -0.25) is 4.68 Å². The number of aromatic nitrogens is 2. The molecule has 1 unspecified atom stereocenters. The van der Waals surface area contributed by atoms with Gasteiger partial charge in [0.1, 0.15) is 11.3 Å². The Bertz CT molecular complexity index is 297. The summed E-state index contributed by atoms with van der Waals surface area (Å²) in [6, 6.07) is 0. The lowest BCUT2D eigenvalue weighted by atomic mass is 9.96. The average molecular weight is 213 g/mol. The Kier molecular flexibility index (Phi) is 3.71. The van der Waals surface area contributed by atoms with Crippen LogP contribution in [0.15, 0.2) is 6.20 Å². The van der Waals surface area contributed by atoms with Crippen molar-refractivity contribution in [3.05, 3.63) is 11.9 Å². The van der Waals surface area contributed by atoms with Crippen molar-refractivity contribution in [2.24, 2.45) is 5.73 Å². The zero-order valence-electron chi connectivity index (χ0n) is 9.53. The van der Waals surface area contributed by atoms with E-state index in [4.69, 9.17) is 10.5 Å². The second-order valence-electron chi connectivity index (χ2n) is 3.47. The monoisotopic (exact) mass is 213 g/mol. The summed E-state index contributed by atoms with van der Waals surface area (Å²) in [4.78, 5) is 0. The predicted molar refractivity (Wildman–Crippen MR) is 57.7 cm³/mol. The minimum atomic E-state index is -1.06. The molecule has 0 fully saturated rings. The molecule has 0 aliphatic rings. The number of aliphatic hydroxyl groups is 1. The molecule has 0 aliphatic heterocycles. The van der Waals surface area contributed by atoms with Crippen molar-refractivity contribution in [2.75, 3.05) is 13.7 Å². The minimum Gasteiger partial charge on any atom is -0.493 e. The fraction of sp³-hybridized carbons (Fsp3) is 0.700. The molecular weight excluding hydrogens is 194 g/mol. The number of rotatable bonds is 5. The summed E-state index contributed by atoms with van der Waals surface area (Å²) in [6.07, 6.45) is 2.14. The average Bonchev–Trinajstić information content (AvgIpc) is 2.71. The highest BCUT2D eigenvalue weighted by molar-refractivity contribution is 5.31. The summed E-state index contributed by atoms with van der Waals surface area (Å²) < 4.78 is 6.90. The van der Waals surface area contributed by atoms with Crippen LogP contribution in [-0.4, -0.2) is 28.5 Å². The number of hydrogen-bond donors (Lipinski definition) is 2. The highest BCUT2D eigenvalue weighted by Gasteiger charge is 2.33. The van der Waals surface area contributed by atoms with Gasteiger partial charge in [0.15, 0.2) is 5.75 Å². The second-order valence-corrected chi connectivity index (χ2v) is 3.47. The maximum atomic E-state index is 10.3. The van der Waals surface area contributed by atoms with Crippen molar-refractivity contribution in [3.8, 4) is 5.75 Å². The fourth-order valence-corrected chi connectivity index (χ4v) is 1.64. The van der Waals surface area contributed by atoms with Gasteiger partial charge in [0, 0.05) is 13.1 Å². The fourth-order valence-electron chi connectivity index (χ4n) is 1.64. The second kappa shape index (κ2) is 4.63. The molecule has 0 aromatic carbocycles. The van der Waals surface area contributed by atoms with E-state index in [0.717, 1.165) is 0 Å². The largest absolute Gasteiger partial charge is 0.493 e. The smallest absolute Gasteiger partial charge is 0.162 e. The Morgan fingerprint density at radius 1 is 1.60 bits per heavy atom. The van der Waals surface area contributed by atoms with Crippen LogP contribution in [0.25, 0.3) is 0 Å². The quantitative estimate of drug-likeness (QED) is 0.745. The SMILES string of the molecule is CCn1ncc(OC)c1C(O)(CC)CN. The lowest BCUT2D eigenvalue weighted by Crippen LogP contribution is -2.36. The van der Waals surface area contributed by atoms with Crippen LogP contribution < -0.4 is 10.5 Å². The van der Waals surface area contributed by atoms with Crippen LogP contribution in [0.5, 0.6) is 5.75 Å². The van der Waals surface area contributed by atoms with Crippen LogP contribution in [0.3, 0.4) is 0 Å². The molecule has 0 aliphatic carbocycles. The van der Waals surface area contributed by atoms with Gasteiger partial charge >= 0.3 is 0 Å². The van der Waals surface area contributed by atoms with Crippen LogP contribution >= 0.6 is 0 Å². The molecule has 0 radical (unpaired) electrons. The number of aryl methyl sites for hydroxylation is 1. The summed E-state index contributed by atoms with van der Waals surface area (Å²) in [5.74, 6) is 0.589. The highest BCUT2D eigenvalue weighted by Crippen LogP contribution is 2.31.